The molecule has 2 aromatic carbocycles. The van der Waals surface area contributed by atoms with Gasteiger partial charge in [-0.05, 0) is 17.7 Å². The molecule has 1 atom stereocenters. The second-order valence-corrected chi connectivity index (χ2v) is 4.47. The standard InChI is InChI=1S/C14H12ClF2NO/c1-19-10-6-11(16)13(12(17)7-10)14(18)8-3-2-4-9(15)5-8/h2-7,14H,18H2,1H3. The topological polar surface area (TPSA) is 35.2 Å². The van der Waals surface area contributed by atoms with E-state index in [1.165, 1.54) is 7.11 Å². The van der Waals surface area contributed by atoms with Crippen LogP contribution in [0.4, 0.5) is 8.78 Å². The highest BCUT2D eigenvalue weighted by atomic mass is 35.5. The lowest BCUT2D eigenvalue weighted by atomic mass is 9.98. The molecule has 2 N–H and O–H groups in total. The van der Waals surface area contributed by atoms with Gasteiger partial charge in [0.1, 0.15) is 17.4 Å². The van der Waals surface area contributed by atoms with Crippen LogP contribution in [0.2, 0.25) is 5.02 Å². The minimum absolute atomic E-state index is 0.108. The second kappa shape index (κ2) is 5.55. The second-order valence-electron chi connectivity index (χ2n) is 4.04. The molecule has 0 saturated carbocycles. The van der Waals surface area contributed by atoms with Gasteiger partial charge in [-0.25, -0.2) is 8.78 Å². The van der Waals surface area contributed by atoms with Gasteiger partial charge in [-0.1, -0.05) is 23.7 Å². The fourth-order valence-corrected chi connectivity index (χ4v) is 2.04. The van der Waals surface area contributed by atoms with E-state index >= 15 is 0 Å². The van der Waals surface area contributed by atoms with E-state index in [0.717, 1.165) is 12.1 Å². The highest BCUT2D eigenvalue weighted by Gasteiger charge is 2.20. The molecule has 2 rings (SSSR count). The van der Waals surface area contributed by atoms with Crippen LogP contribution in [0.5, 0.6) is 5.75 Å². The lowest BCUT2D eigenvalue weighted by Crippen LogP contribution is -2.15. The van der Waals surface area contributed by atoms with Gasteiger partial charge in [-0.15, -0.1) is 0 Å². The number of benzene rings is 2. The zero-order valence-corrected chi connectivity index (χ0v) is 10.9. The fraction of sp³-hybridized carbons (Fsp3) is 0.143. The quantitative estimate of drug-likeness (QED) is 0.933. The lowest BCUT2D eigenvalue weighted by molar-refractivity contribution is 0.404. The van der Waals surface area contributed by atoms with Crippen LogP contribution in [0.3, 0.4) is 0 Å². The van der Waals surface area contributed by atoms with E-state index in [1.54, 1.807) is 24.3 Å². The summed E-state index contributed by atoms with van der Waals surface area (Å²) in [4.78, 5) is 0. The Morgan fingerprint density at radius 3 is 2.32 bits per heavy atom. The van der Waals surface area contributed by atoms with Gasteiger partial charge >= 0.3 is 0 Å². The van der Waals surface area contributed by atoms with Crippen molar-refractivity contribution in [2.24, 2.45) is 5.73 Å². The van der Waals surface area contributed by atoms with Crippen LogP contribution in [-0.4, -0.2) is 7.11 Å². The van der Waals surface area contributed by atoms with Crippen LogP contribution in [0.25, 0.3) is 0 Å². The molecule has 0 aliphatic carbocycles. The number of rotatable bonds is 3. The highest BCUT2D eigenvalue weighted by Crippen LogP contribution is 2.29. The van der Waals surface area contributed by atoms with Gasteiger partial charge < -0.3 is 10.5 Å². The van der Waals surface area contributed by atoms with E-state index in [-0.39, 0.29) is 11.3 Å². The maximum absolute atomic E-state index is 13.9. The third kappa shape index (κ3) is 2.85. The highest BCUT2D eigenvalue weighted by molar-refractivity contribution is 6.30. The SMILES string of the molecule is COc1cc(F)c(C(N)c2cccc(Cl)c2)c(F)c1. The Hall–Kier alpha value is -1.65. The van der Waals surface area contributed by atoms with Gasteiger partial charge in [0.05, 0.1) is 13.2 Å². The minimum Gasteiger partial charge on any atom is -0.497 e. The van der Waals surface area contributed by atoms with Crippen LogP contribution in [0.1, 0.15) is 17.2 Å². The van der Waals surface area contributed by atoms with Crippen LogP contribution >= 0.6 is 11.6 Å². The number of halogens is 3. The molecule has 0 aliphatic heterocycles. The Balaban J connectivity index is 2.47. The molecule has 100 valence electrons. The number of hydrogen-bond acceptors (Lipinski definition) is 2. The summed E-state index contributed by atoms with van der Waals surface area (Å²) in [6.07, 6.45) is 0. The number of hydrogen-bond donors (Lipinski definition) is 1. The summed E-state index contributed by atoms with van der Waals surface area (Å²) in [5, 5.41) is 0.460. The largest absolute Gasteiger partial charge is 0.497 e. The Morgan fingerprint density at radius 2 is 1.79 bits per heavy atom. The number of ether oxygens (including phenoxy) is 1. The van der Waals surface area contributed by atoms with E-state index in [0.29, 0.717) is 10.6 Å². The summed E-state index contributed by atoms with van der Waals surface area (Å²) < 4.78 is 32.6. The molecule has 0 aliphatic rings. The first-order chi connectivity index (χ1) is 9.02. The zero-order valence-electron chi connectivity index (χ0n) is 10.2. The van der Waals surface area contributed by atoms with Gasteiger partial charge in [-0.2, -0.15) is 0 Å². The van der Waals surface area contributed by atoms with Crippen molar-refractivity contribution >= 4 is 11.6 Å². The predicted octanol–water partition coefficient (Wildman–Crippen LogP) is 3.67. The lowest BCUT2D eigenvalue weighted by Gasteiger charge is -2.15. The summed E-state index contributed by atoms with van der Waals surface area (Å²) in [7, 11) is 1.34. The van der Waals surface area contributed by atoms with Gasteiger partial charge in [0.15, 0.2) is 0 Å². The smallest absolute Gasteiger partial charge is 0.134 e. The zero-order chi connectivity index (χ0) is 14.0. The average molecular weight is 284 g/mol. The first-order valence-electron chi connectivity index (χ1n) is 5.57. The summed E-state index contributed by atoms with van der Waals surface area (Å²) in [6, 6.07) is 7.86. The van der Waals surface area contributed by atoms with Gasteiger partial charge in [0.25, 0.3) is 0 Å². The molecule has 0 aromatic heterocycles. The number of nitrogens with two attached hydrogens (primary N) is 1. The minimum atomic E-state index is -0.926. The van der Waals surface area contributed by atoms with Crippen molar-refractivity contribution < 1.29 is 13.5 Å². The van der Waals surface area contributed by atoms with E-state index < -0.39 is 17.7 Å². The van der Waals surface area contributed by atoms with E-state index in [1.807, 2.05) is 0 Å². The number of methoxy groups -OCH3 is 1. The van der Waals surface area contributed by atoms with Gasteiger partial charge in [0.2, 0.25) is 0 Å². The van der Waals surface area contributed by atoms with Crippen molar-refractivity contribution in [3.63, 3.8) is 0 Å². The van der Waals surface area contributed by atoms with Crippen LogP contribution in [0.15, 0.2) is 36.4 Å². The summed E-state index contributed by atoms with van der Waals surface area (Å²) in [6.45, 7) is 0. The van der Waals surface area contributed by atoms with Crippen molar-refractivity contribution in [2.75, 3.05) is 7.11 Å². The third-order valence-electron chi connectivity index (χ3n) is 2.81. The molecule has 0 bridgehead atoms. The maximum atomic E-state index is 13.9. The van der Waals surface area contributed by atoms with Crippen LogP contribution in [-0.2, 0) is 0 Å². The van der Waals surface area contributed by atoms with Crippen molar-refractivity contribution in [2.45, 2.75) is 6.04 Å². The molecule has 19 heavy (non-hydrogen) atoms. The van der Waals surface area contributed by atoms with Crippen molar-refractivity contribution in [1.82, 2.24) is 0 Å². The average Bonchev–Trinajstić information content (AvgIpc) is 2.37. The summed E-state index contributed by atoms with van der Waals surface area (Å²) >= 11 is 5.84. The van der Waals surface area contributed by atoms with E-state index in [9.17, 15) is 8.78 Å². The third-order valence-corrected chi connectivity index (χ3v) is 3.04. The van der Waals surface area contributed by atoms with Crippen molar-refractivity contribution in [3.8, 4) is 5.75 Å². The molecule has 2 nitrogen and oxygen atoms in total. The molecule has 0 amide bonds. The Bertz CT molecular complexity index is 581. The molecule has 1 unspecified atom stereocenters. The van der Waals surface area contributed by atoms with Gasteiger partial charge in [-0.3, -0.25) is 0 Å². The molecular weight excluding hydrogens is 272 g/mol. The fourth-order valence-electron chi connectivity index (χ4n) is 1.84. The molecule has 0 radical (unpaired) electrons. The van der Waals surface area contributed by atoms with E-state index in [2.05, 4.69) is 0 Å². The molecule has 0 spiro atoms. The van der Waals surface area contributed by atoms with E-state index in [4.69, 9.17) is 22.1 Å². The van der Waals surface area contributed by atoms with Gasteiger partial charge in [0, 0.05) is 22.7 Å². The Morgan fingerprint density at radius 1 is 1.16 bits per heavy atom. The Labute approximate surface area is 114 Å². The first kappa shape index (κ1) is 13.8. The Kier molecular flexibility index (Phi) is 4.02. The molecule has 2 aromatic rings. The van der Waals surface area contributed by atoms with Crippen LogP contribution < -0.4 is 10.5 Å². The van der Waals surface area contributed by atoms with Crippen molar-refractivity contribution in [1.29, 1.82) is 0 Å². The monoisotopic (exact) mass is 283 g/mol. The van der Waals surface area contributed by atoms with Crippen molar-refractivity contribution in [3.05, 3.63) is 64.2 Å². The molecular formula is C14H12ClF2NO. The summed E-state index contributed by atoms with van der Waals surface area (Å²) in [5.74, 6) is -1.38. The molecule has 0 fully saturated rings. The maximum Gasteiger partial charge on any atom is 0.134 e. The predicted molar refractivity (Wildman–Crippen MR) is 70.4 cm³/mol. The molecule has 0 saturated heterocycles. The van der Waals surface area contributed by atoms with Crippen LogP contribution in [0, 0.1) is 11.6 Å². The summed E-state index contributed by atoms with van der Waals surface area (Å²) in [5.41, 5.74) is 6.23. The molecule has 0 heterocycles. The first-order valence-corrected chi connectivity index (χ1v) is 5.94. The molecule has 5 heteroatoms. The normalized spacial score (nSPS) is 12.3.